The molecule has 0 N–H and O–H groups in total. The van der Waals surface area contributed by atoms with Crippen molar-refractivity contribution in [1.82, 2.24) is 0 Å². The Kier molecular flexibility index (Phi) is 5.99. The third-order valence-electron chi connectivity index (χ3n) is 2.79. The molecule has 0 atom stereocenters. The lowest BCUT2D eigenvalue weighted by Crippen LogP contribution is -1.83. The van der Waals surface area contributed by atoms with Gasteiger partial charge < -0.3 is 4.74 Å². The van der Waals surface area contributed by atoms with Crippen molar-refractivity contribution in [3.8, 4) is 16.9 Å². The number of ether oxygens (including phenoxy) is 1. The maximum Gasteiger partial charge on any atom is 0.118 e. The van der Waals surface area contributed by atoms with Crippen LogP contribution in [0.25, 0.3) is 11.1 Å². The number of hydrogen-bond donors (Lipinski definition) is 0. The summed E-state index contributed by atoms with van der Waals surface area (Å²) < 4.78 is 5.14. The van der Waals surface area contributed by atoms with Gasteiger partial charge in [-0.05, 0) is 35.2 Å². The Balaban J connectivity index is 0.000000771. The first-order valence-corrected chi connectivity index (χ1v) is 6.57. The van der Waals surface area contributed by atoms with Crippen molar-refractivity contribution >= 4 is 0 Å². The zero-order valence-corrected chi connectivity index (χ0v) is 11.7. The van der Waals surface area contributed by atoms with Gasteiger partial charge in [-0.25, -0.2) is 0 Å². The second-order valence-corrected chi connectivity index (χ2v) is 3.78. The highest BCUT2D eigenvalue weighted by Crippen LogP contribution is 2.22. The molecule has 0 saturated carbocycles. The van der Waals surface area contributed by atoms with Gasteiger partial charge in [0.2, 0.25) is 0 Å². The summed E-state index contributed by atoms with van der Waals surface area (Å²) in [6.45, 7) is 6.17. The number of aryl methyl sites for hydroxylation is 1. The van der Waals surface area contributed by atoms with Crippen molar-refractivity contribution in [2.45, 2.75) is 27.2 Å². The molecule has 96 valence electrons. The smallest absolute Gasteiger partial charge is 0.118 e. The van der Waals surface area contributed by atoms with Gasteiger partial charge in [0.25, 0.3) is 0 Å². The Labute approximate surface area is 110 Å². The Morgan fingerprint density at radius 2 is 1.22 bits per heavy atom. The molecule has 0 spiro atoms. The Morgan fingerprint density at radius 3 is 1.61 bits per heavy atom. The average molecular weight is 242 g/mol. The molecule has 0 saturated heterocycles. The number of methoxy groups -OCH3 is 1. The molecule has 1 nitrogen and oxygen atoms in total. The third-order valence-corrected chi connectivity index (χ3v) is 2.79. The summed E-state index contributed by atoms with van der Waals surface area (Å²) in [5, 5.41) is 0. The Morgan fingerprint density at radius 1 is 0.778 bits per heavy atom. The molecule has 0 amide bonds. The molecule has 1 heteroatoms. The Hall–Kier alpha value is -1.76. The van der Waals surface area contributed by atoms with E-state index in [0.717, 1.165) is 12.2 Å². The predicted molar refractivity (Wildman–Crippen MR) is 79.2 cm³/mol. The van der Waals surface area contributed by atoms with Gasteiger partial charge in [0, 0.05) is 0 Å². The molecular formula is C17H22O. The largest absolute Gasteiger partial charge is 0.497 e. The van der Waals surface area contributed by atoms with Crippen LogP contribution in [-0.2, 0) is 6.42 Å². The molecule has 0 unspecified atom stereocenters. The highest BCUT2D eigenvalue weighted by atomic mass is 16.5. The molecule has 0 fully saturated rings. The van der Waals surface area contributed by atoms with Crippen LogP contribution in [0.3, 0.4) is 0 Å². The van der Waals surface area contributed by atoms with E-state index in [9.17, 15) is 0 Å². The van der Waals surface area contributed by atoms with Crippen molar-refractivity contribution < 1.29 is 4.74 Å². The summed E-state index contributed by atoms with van der Waals surface area (Å²) in [5.74, 6) is 0.897. The molecule has 2 aromatic carbocycles. The second-order valence-electron chi connectivity index (χ2n) is 3.78. The molecule has 18 heavy (non-hydrogen) atoms. The molecule has 0 aliphatic rings. The van der Waals surface area contributed by atoms with Crippen LogP contribution in [0.1, 0.15) is 26.3 Å². The summed E-state index contributed by atoms with van der Waals surface area (Å²) >= 11 is 0. The monoisotopic (exact) mass is 242 g/mol. The van der Waals surface area contributed by atoms with E-state index in [-0.39, 0.29) is 0 Å². The van der Waals surface area contributed by atoms with Crippen LogP contribution in [0, 0.1) is 0 Å². The minimum Gasteiger partial charge on any atom is -0.497 e. The second kappa shape index (κ2) is 7.54. The van der Waals surface area contributed by atoms with Gasteiger partial charge in [0.15, 0.2) is 0 Å². The molecular weight excluding hydrogens is 220 g/mol. The lowest BCUT2D eigenvalue weighted by atomic mass is 10.0. The van der Waals surface area contributed by atoms with Gasteiger partial charge in [-0.3, -0.25) is 0 Å². The van der Waals surface area contributed by atoms with E-state index in [0.29, 0.717) is 0 Å². The fourth-order valence-electron chi connectivity index (χ4n) is 1.72. The number of benzene rings is 2. The number of hydrogen-bond acceptors (Lipinski definition) is 1. The average Bonchev–Trinajstić information content (AvgIpc) is 2.49. The van der Waals surface area contributed by atoms with Gasteiger partial charge in [-0.15, -0.1) is 0 Å². The molecule has 2 rings (SSSR count). The highest BCUT2D eigenvalue weighted by molar-refractivity contribution is 5.64. The van der Waals surface area contributed by atoms with Crippen LogP contribution < -0.4 is 4.74 Å². The lowest BCUT2D eigenvalue weighted by Gasteiger charge is -2.04. The van der Waals surface area contributed by atoms with Gasteiger partial charge in [-0.2, -0.15) is 0 Å². The first kappa shape index (κ1) is 14.3. The SMILES string of the molecule is CC.CCc1ccc(-c2ccc(OC)cc2)cc1. The highest BCUT2D eigenvalue weighted by Gasteiger charge is 1.98. The minimum absolute atomic E-state index is 0.897. The van der Waals surface area contributed by atoms with Crippen molar-refractivity contribution in [1.29, 1.82) is 0 Å². The first-order chi connectivity index (χ1) is 8.83. The number of rotatable bonds is 3. The van der Waals surface area contributed by atoms with Gasteiger partial charge in [0.05, 0.1) is 7.11 Å². The normalized spacial score (nSPS) is 9.33. The molecule has 0 aromatic heterocycles. The van der Waals surface area contributed by atoms with E-state index in [4.69, 9.17) is 4.74 Å². The van der Waals surface area contributed by atoms with E-state index < -0.39 is 0 Å². The van der Waals surface area contributed by atoms with Crippen LogP contribution >= 0.6 is 0 Å². The topological polar surface area (TPSA) is 9.23 Å². The fourth-order valence-corrected chi connectivity index (χ4v) is 1.72. The predicted octanol–water partition coefficient (Wildman–Crippen LogP) is 4.95. The minimum atomic E-state index is 0.897. The zero-order valence-electron chi connectivity index (χ0n) is 11.7. The third kappa shape index (κ3) is 3.63. The molecule has 0 radical (unpaired) electrons. The molecule has 0 aliphatic carbocycles. The van der Waals surface area contributed by atoms with Crippen molar-refractivity contribution in [3.05, 3.63) is 54.1 Å². The van der Waals surface area contributed by atoms with E-state index in [1.54, 1.807) is 7.11 Å². The van der Waals surface area contributed by atoms with Crippen molar-refractivity contribution in [3.63, 3.8) is 0 Å². The molecule has 0 bridgehead atoms. The van der Waals surface area contributed by atoms with Crippen LogP contribution in [0.2, 0.25) is 0 Å². The molecule has 0 heterocycles. The first-order valence-electron chi connectivity index (χ1n) is 6.57. The summed E-state index contributed by atoms with van der Waals surface area (Å²) in [5.41, 5.74) is 3.85. The summed E-state index contributed by atoms with van der Waals surface area (Å²) in [4.78, 5) is 0. The van der Waals surface area contributed by atoms with Gasteiger partial charge in [0.1, 0.15) is 5.75 Å². The van der Waals surface area contributed by atoms with Gasteiger partial charge >= 0.3 is 0 Å². The summed E-state index contributed by atoms with van der Waals surface area (Å²) in [7, 11) is 1.69. The Bertz CT molecular complexity index is 395. The molecule has 0 aliphatic heterocycles. The summed E-state index contributed by atoms with van der Waals surface area (Å²) in [6, 6.07) is 16.8. The molecule has 2 aromatic rings. The zero-order chi connectivity index (χ0) is 13.4. The quantitative estimate of drug-likeness (QED) is 0.740. The van der Waals surface area contributed by atoms with E-state index in [1.807, 2.05) is 26.0 Å². The summed E-state index contributed by atoms with van der Waals surface area (Å²) in [6.07, 6.45) is 1.09. The van der Waals surface area contributed by atoms with Crippen LogP contribution in [0.4, 0.5) is 0 Å². The lowest BCUT2D eigenvalue weighted by molar-refractivity contribution is 0.415. The van der Waals surface area contributed by atoms with Gasteiger partial charge in [-0.1, -0.05) is 57.2 Å². The van der Waals surface area contributed by atoms with Crippen LogP contribution in [-0.4, -0.2) is 7.11 Å². The van der Waals surface area contributed by atoms with E-state index >= 15 is 0 Å². The van der Waals surface area contributed by atoms with Crippen molar-refractivity contribution in [2.75, 3.05) is 7.11 Å². The van der Waals surface area contributed by atoms with Crippen LogP contribution in [0.15, 0.2) is 48.5 Å². The maximum atomic E-state index is 5.14. The fraction of sp³-hybridized carbons (Fsp3) is 0.294. The van der Waals surface area contributed by atoms with Crippen molar-refractivity contribution in [2.24, 2.45) is 0 Å². The van der Waals surface area contributed by atoms with E-state index in [2.05, 4.69) is 43.3 Å². The van der Waals surface area contributed by atoms with E-state index in [1.165, 1.54) is 16.7 Å². The maximum absolute atomic E-state index is 5.14. The van der Waals surface area contributed by atoms with Crippen LogP contribution in [0.5, 0.6) is 5.75 Å². The standard InChI is InChI=1S/C15H16O.C2H6/c1-3-12-4-6-13(7-5-12)14-8-10-15(16-2)11-9-14;1-2/h4-11H,3H2,1-2H3;1-2H3.